The Morgan fingerprint density at radius 1 is 1.16 bits per heavy atom. The number of halogens is 3. The lowest BCUT2D eigenvalue weighted by atomic mass is 9.53. The first kappa shape index (κ1) is 18.0. The molecule has 0 amide bonds. The van der Waals surface area contributed by atoms with E-state index in [-0.39, 0.29) is 16.9 Å². The minimum Gasteiger partial charge on any atom is -0.504 e. The Morgan fingerprint density at radius 3 is 2.52 bits per heavy atom. The zero-order valence-electron chi connectivity index (χ0n) is 13.8. The first-order valence-electron chi connectivity index (χ1n) is 8.58. The third-order valence-corrected chi connectivity index (χ3v) is 5.87. The number of nitrogens with one attached hydrogen (secondary N) is 1. The van der Waals surface area contributed by atoms with Gasteiger partial charge in [0.15, 0.2) is 11.5 Å². The number of phenolic OH excluding ortho intramolecular Hbond substituents is 2. The predicted octanol–water partition coefficient (Wildman–Crippen LogP) is 3.19. The van der Waals surface area contributed by atoms with E-state index in [1.165, 1.54) is 43.2 Å². The quantitative estimate of drug-likeness (QED) is 0.493. The van der Waals surface area contributed by atoms with Crippen LogP contribution in [0.15, 0.2) is 12.1 Å². The zero-order chi connectivity index (χ0) is 18.2. The smallest absolute Gasteiger partial charge is 0.446 e. The van der Waals surface area contributed by atoms with E-state index in [2.05, 4.69) is 5.32 Å². The number of rotatable bonds is 0. The van der Waals surface area contributed by atoms with Crippen LogP contribution in [0, 0.1) is 5.92 Å². The van der Waals surface area contributed by atoms with Gasteiger partial charge in [-0.2, -0.15) is 13.2 Å². The third kappa shape index (κ3) is 3.34. The molecule has 0 spiro atoms. The minimum absolute atomic E-state index is 0.0301. The first-order valence-corrected chi connectivity index (χ1v) is 8.58. The number of aromatic hydroxyl groups is 2. The monoisotopic (exact) mass is 357 g/mol. The number of fused-ring (bicyclic) bond motifs is 1. The van der Waals surface area contributed by atoms with Crippen LogP contribution in [0.5, 0.6) is 11.5 Å². The summed E-state index contributed by atoms with van der Waals surface area (Å²) in [5.74, 6) is 0.795. The van der Waals surface area contributed by atoms with Crippen molar-refractivity contribution in [1.29, 1.82) is 0 Å². The van der Waals surface area contributed by atoms with Crippen molar-refractivity contribution in [2.45, 2.75) is 56.2 Å². The summed E-state index contributed by atoms with van der Waals surface area (Å²) in [6.07, 6.45) is 1.65. The molecular weight excluding hydrogens is 335 g/mol. The largest absolute Gasteiger partial charge is 0.504 e. The Balaban J connectivity index is 0.000000265. The first-order chi connectivity index (χ1) is 11.8. The van der Waals surface area contributed by atoms with E-state index in [0.717, 1.165) is 13.0 Å². The van der Waals surface area contributed by atoms with Gasteiger partial charge in [0.2, 0.25) is 6.29 Å². The number of phenols is 2. The maximum absolute atomic E-state index is 10.4. The Kier molecular flexibility index (Phi) is 4.70. The summed E-state index contributed by atoms with van der Waals surface area (Å²) in [6, 6.07) is 4.20. The molecule has 3 atom stereocenters. The molecule has 3 aliphatic rings. The summed E-state index contributed by atoms with van der Waals surface area (Å²) >= 11 is 0. The average molecular weight is 357 g/mol. The van der Waals surface area contributed by atoms with E-state index >= 15 is 0 Å². The second kappa shape index (κ2) is 6.52. The van der Waals surface area contributed by atoms with Crippen LogP contribution in [0.25, 0.3) is 0 Å². The van der Waals surface area contributed by atoms with Crippen molar-refractivity contribution in [2.75, 3.05) is 6.54 Å². The number of benzene rings is 1. The van der Waals surface area contributed by atoms with Crippen molar-refractivity contribution < 1.29 is 28.2 Å². The number of alkyl halides is 3. The molecular formula is C18H22F3NO3. The lowest BCUT2D eigenvalue weighted by molar-refractivity contribution is -0.156. The lowest BCUT2D eigenvalue weighted by Gasteiger charge is -2.56. The lowest BCUT2D eigenvalue weighted by Crippen LogP contribution is -2.59. The summed E-state index contributed by atoms with van der Waals surface area (Å²) in [4.78, 5) is 8.70. The third-order valence-electron chi connectivity index (χ3n) is 5.87. The van der Waals surface area contributed by atoms with Crippen LogP contribution in [0.3, 0.4) is 0 Å². The Morgan fingerprint density at radius 2 is 1.84 bits per heavy atom. The van der Waals surface area contributed by atoms with Gasteiger partial charge in [0.1, 0.15) is 0 Å². The van der Waals surface area contributed by atoms with Crippen LogP contribution < -0.4 is 5.32 Å². The highest BCUT2D eigenvalue weighted by molar-refractivity contribution is 5.56. The average Bonchev–Trinajstić information content (AvgIpc) is 2.57. The van der Waals surface area contributed by atoms with E-state index in [0.29, 0.717) is 12.0 Å². The molecule has 0 radical (unpaired) electrons. The molecule has 2 bridgehead atoms. The van der Waals surface area contributed by atoms with Crippen LogP contribution in [0.1, 0.15) is 43.2 Å². The normalized spacial score (nSPS) is 30.4. The van der Waals surface area contributed by atoms with E-state index in [1.807, 2.05) is 6.07 Å². The Bertz CT molecular complexity index is 658. The van der Waals surface area contributed by atoms with E-state index in [1.54, 1.807) is 6.07 Å². The summed E-state index contributed by atoms with van der Waals surface area (Å²) in [5, 5.41) is 23.3. The molecule has 0 aromatic heterocycles. The second-order valence-electron chi connectivity index (χ2n) is 7.18. The van der Waals surface area contributed by atoms with Gasteiger partial charge in [-0.15, -0.1) is 0 Å². The molecule has 1 saturated carbocycles. The van der Waals surface area contributed by atoms with Crippen molar-refractivity contribution in [3.05, 3.63) is 23.3 Å². The highest BCUT2D eigenvalue weighted by atomic mass is 19.4. The molecule has 1 aromatic carbocycles. The van der Waals surface area contributed by atoms with Crippen LogP contribution in [-0.4, -0.2) is 35.3 Å². The molecule has 1 heterocycles. The molecule has 2 aliphatic carbocycles. The van der Waals surface area contributed by atoms with Gasteiger partial charge in [0, 0.05) is 11.5 Å². The second-order valence-corrected chi connectivity index (χ2v) is 7.18. The zero-order valence-corrected chi connectivity index (χ0v) is 13.8. The molecule has 0 unspecified atom stereocenters. The van der Waals surface area contributed by atoms with Gasteiger partial charge in [0.05, 0.1) is 0 Å². The highest BCUT2D eigenvalue weighted by Gasteiger charge is 2.51. The van der Waals surface area contributed by atoms with Crippen molar-refractivity contribution in [3.8, 4) is 11.5 Å². The number of aldehydes is 1. The Labute approximate surface area is 144 Å². The molecule has 1 saturated heterocycles. The fraction of sp³-hybridized carbons (Fsp3) is 0.611. The van der Waals surface area contributed by atoms with Crippen LogP contribution >= 0.6 is 0 Å². The molecule has 1 aromatic rings. The van der Waals surface area contributed by atoms with Gasteiger partial charge in [-0.1, -0.05) is 12.8 Å². The summed E-state index contributed by atoms with van der Waals surface area (Å²) in [5.41, 5.74) is 2.82. The number of hydrogen-bond acceptors (Lipinski definition) is 4. The highest BCUT2D eigenvalue weighted by Crippen LogP contribution is 2.55. The SMILES string of the molecule is O=CC(F)(F)F.Oc1cc2c(cc1O)[C@]13CCCC[C@@H]1[C@H](C2)NCC3. The molecule has 4 nitrogen and oxygen atoms in total. The fourth-order valence-electron chi connectivity index (χ4n) is 4.96. The molecule has 3 N–H and O–H groups in total. The molecule has 1 aliphatic heterocycles. The van der Waals surface area contributed by atoms with E-state index in [9.17, 15) is 23.4 Å². The van der Waals surface area contributed by atoms with Gasteiger partial charge >= 0.3 is 6.18 Å². The van der Waals surface area contributed by atoms with Crippen molar-refractivity contribution in [2.24, 2.45) is 5.92 Å². The molecule has 25 heavy (non-hydrogen) atoms. The van der Waals surface area contributed by atoms with E-state index < -0.39 is 12.5 Å². The summed E-state index contributed by atoms with van der Waals surface area (Å²) in [6.45, 7) is 1.09. The Hall–Kier alpha value is -1.76. The molecule has 4 rings (SSSR count). The van der Waals surface area contributed by atoms with Crippen molar-refractivity contribution in [3.63, 3.8) is 0 Å². The number of carbonyl (C=O) groups excluding carboxylic acids is 1. The molecule has 138 valence electrons. The van der Waals surface area contributed by atoms with Crippen LogP contribution in [0.4, 0.5) is 13.2 Å². The van der Waals surface area contributed by atoms with Gasteiger partial charge in [0.25, 0.3) is 0 Å². The topological polar surface area (TPSA) is 69.6 Å². The predicted molar refractivity (Wildman–Crippen MR) is 85.6 cm³/mol. The maximum Gasteiger partial charge on any atom is 0.446 e. The van der Waals surface area contributed by atoms with Crippen molar-refractivity contribution >= 4 is 6.29 Å². The summed E-state index contributed by atoms with van der Waals surface area (Å²) in [7, 11) is 0. The molecule has 7 heteroatoms. The number of carbonyl (C=O) groups is 1. The van der Waals surface area contributed by atoms with Crippen LogP contribution in [0.2, 0.25) is 0 Å². The standard InChI is InChI=1S/C16H21NO2.C2HF3O/c18-14-8-10-7-13-11-3-1-2-4-16(11,5-6-17-13)12(10)9-15(14)19;3-2(4,5)1-6/h8-9,11,13,17-19H,1-7H2;1H/t11-,13+,16+;/m1./s1. The minimum atomic E-state index is -4.64. The van der Waals surface area contributed by atoms with Gasteiger partial charge in [-0.05, 0) is 61.4 Å². The fourth-order valence-corrected chi connectivity index (χ4v) is 4.96. The van der Waals surface area contributed by atoms with Crippen LogP contribution in [-0.2, 0) is 16.6 Å². The van der Waals surface area contributed by atoms with E-state index in [4.69, 9.17) is 4.79 Å². The number of piperidine rings is 1. The summed E-state index contributed by atoms with van der Waals surface area (Å²) < 4.78 is 31.2. The molecule has 2 fully saturated rings. The van der Waals surface area contributed by atoms with Gasteiger partial charge in [-0.25, -0.2) is 0 Å². The van der Waals surface area contributed by atoms with Crippen molar-refractivity contribution in [1.82, 2.24) is 5.32 Å². The maximum atomic E-state index is 10.4. The van der Waals surface area contributed by atoms with Gasteiger partial charge in [-0.3, -0.25) is 4.79 Å². The number of hydrogen-bond donors (Lipinski definition) is 3. The van der Waals surface area contributed by atoms with Gasteiger partial charge < -0.3 is 15.5 Å².